The van der Waals surface area contributed by atoms with Crippen LogP contribution in [0.3, 0.4) is 0 Å². The van der Waals surface area contributed by atoms with Crippen LogP contribution < -0.4 is 0 Å². The van der Waals surface area contributed by atoms with Gasteiger partial charge in [0.1, 0.15) is 0 Å². The van der Waals surface area contributed by atoms with E-state index in [4.69, 9.17) is 0 Å². The van der Waals surface area contributed by atoms with Gasteiger partial charge in [-0.25, -0.2) is 0 Å². The smallest absolute Gasteiger partial charge is 0.0991 e. The van der Waals surface area contributed by atoms with Gasteiger partial charge < -0.3 is 13.7 Å². The van der Waals surface area contributed by atoms with Gasteiger partial charge in [0.2, 0.25) is 0 Å². The molecule has 8 aromatic carbocycles. The second-order valence-electron chi connectivity index (χ2n) is 14.0. The second kappa shape index (κ2) is 11.8. The Morgan fingerprint density at radius 2 is 0.782 bits per heavy atom. The minimum absolute atomic E-state index is 0.608. The maximum absolute atomic E-state index is 10.0. The van der Waals surface area contributed by atoms with Crippen LogP contribution in [0.25, 0.3) is 93.6 Å². The summed E-state index contributed by atoms with van der Waals surface area (Å²) in [5.74, 6) is 0. The highest BCUT2D eigenvalue weighted by Crippen LogP contribution is 2.39. The van der Waals surface area contributed by atoms with Crippen LogP contribution in [0.2, 0.25) is 0 Å². The average Bonchev–Trinajstić information content (AvgIpc) is 3.88. The van der Waals surface area contributed by atoms with Crippen LogP contribution in [0, 0.1) is 22.7 Å². The monoisotopic (exact) mass is 699 g/mol. The number of hydrogen-bond acceptors (Lipinski definition) is 2. The zero-order valence-corrected chi connectivity index (χ0v) is 29.5. The number of nitrogens with zero attached hydrogens (tertiary/aromatic N) is 5. The first kappa shape index (κ1) is 30.7. The van der Waals surface area contributed by atoms with E-state index in [1.165, 1.54) is 21.5 Å². The Hall–Kier alpha value is -7.86. The fraction of sp³-hybridized carbons (Fsp3) is 0. The maximum atomic E-state index is 10.0. The van der Waals surface area contributed by atoms with Gasteiger partial charge in [0.15, 0.2) is 0 Å². The first-order valence-electron chi connectivity index (χ1n) is 18.3. The lowest BCUT2D eigenvalue weighted by Crippen LogP contribution is -1.99. The highest BCUT2D eigenvalue weighted by Gasteiger charge is 2.19. The van der Waals surface area contributed by atoms with E-state index in [1.54, 1.807) is 0 Å². The number of para-hydroxylation sites is 4. The molecule has 0 aliphatic heterocycles. The van der Waals surface area contributed by atoms with Gasteiger partial charge in [0.25, 0.3) is 0 Å². The molecule has 5 heteroatoms. The third-order valence-corrected chi connectivity index (χ3v) is 11.1. The first-order chi connectivity index (χ1) is 27.2. The summed E-state index contributed by atoms with van der Waals surface area (Å²) >= 11 is 0. The minimum atomic E-state index is 0.608. The van der Waals surface area contributed by atoms with Crippen molar-refractivity contribution >= 4 is 65.4 Å². The van der Waals surface area contributed by atoms with Gasteiger partial charge in [-0.1, -0.05) is 91.0 Å². The molecule has 254 valence electrons. The van der Waals surface area contributed by atoms with E-state index in [9.17, 15) is 10.5 Å². The van der Waals surface area contributed by atoms with E-state index in [-0.39, 0.29) is 0 Å². The highest BCUT2D eigenvalue weighted by molar-refractivity contribution is 6.13. The third kappa shape index (κ3) is 4.51. The molecule has 0 atom stereocenters. The largest absolute Gasteiger partial charge is 0.309 e. The molecule has 11 rings (SSSR count). The molecule has 0 fully saturated rings. The predicted octanol–water partition coefficient (Wildman–Crippen LogP) is 12.4. The van der Waals surface area contributed by atoms with Gasteiger partial charge in [-0.05, 0) is 90.5 Å². The molecular weight excluding hydrogens is 671 g/mol. The van der Waals surface area contributed by atoms with Crippen molar-refractivity contribution in [2.24, 2.45) is 0 Å². The van der Waals surface area contributed by atoms with Crippen molar-refractivity contribution in [3.63, 3.8) is 0 Å². The van der Waals surface area contributed by atoms with Crippen molar-refractivity contribution in [1.29, 1.82) is 10.5 Å². The molecule has 0 aliphatic carbocycles. The number of aromatic nitrogens is 3. The zero-order chi connectivity index (χ0) is 36.6. The molecule has 0 spiro atoms. The molecule has 0 amide bonds. The maximum Gasteiger partial charge on any atom is 0.0991 e. The number of nitriles is 2. The van der Waals surface area contributed by atoms with E-state index in [0.29, 0.717) is 11.1 Å². The molecule has 3 aromatic heterocycles. The molecule has 3 heterocycles. The summed E-state index contributed by atoms with van der Waals surface area (Å²) in [5.41, 5.74) is 12.9. The molecule has 0 radical (unpaired) electrons. The minimum Gasteiger partial charge on any atom is -0.309 e. The lowest BCUT2D eigenvalue weighted by atomic mass is 10.00. The molecule has 0 N–H and O–H groups in total. The van der Waals surface area contributed by atoms with Crippen molar-refractivity contribution in [3.8, 4) is 40.3 Å². The van der Waals surface area contributed by atoms with E-state index in [1.807, 2.05) is 24.3 Å². The van der Waals surface area contributed by atoms with Gasteiger partial charge in [0, 0.05) is 49.3 Å². The standard InChI is InChI=1S/C50H29N5/c51-30-32-17-25-48(55-46-15-7-3-11-39(46)40-12-4-8-16-47(40)55)42(27-32)34-19-21-35(22-20-34)53-49-26-18-33(31-52)28-43(49)41-24-23-36(29-50(41)53)54-44-13-5-1-9-37(44)38-10-2-6-14-45(38)54/h1-29H. The summed E-state index contributed by atoms with van der Waals surface area (Å²) in [6.45, 7) is 0. The number of fused-ring (bicyclic) bond motifs is 9. The Balaban J connectivity index is 1.12. The average molecular weight is 700 g/mol. The summed E-state index contributed by atoms with van der Waals surface area (Å²) in [4.78, 5) is 0. The summed E-state index contributed by atoms with van der Waals surface area (Å²) in [6, 6.07) is 66.0. The summed E-state index contributed by atoms with van der Waals surface area (Å²) in [7, 11) is 0. The highest BCUT2D eigenvalue weighted by atomic mass is 15.0. The summed E-state index contributed by atoms with van der Waals surface area (Å²) < 4.78 is 6.95. The van der Waals surface area contributed by atoms with Gasteiger partial charge in [0.05, 0.1) is 62.1 Å². The molecule has 0 aliphatic rings. The quantitative estimate of drug-likeness (QED) is 0.184. The Morgan fingerprint density at radius 3 is 1.36 bits per heavy atom. The van der Waals surface area contributed by atoms with Crippen molar-refractivity contribution in [2.45, 2.75) is 0 Å². The lowest BCUT2D eigenvalue weighted by molar-refractivity contribution is 1.15. The van der Waals surface area contributed by atoms with Gasteiger partial charge >= 0.3 is 0 Å². The fourth-order valence-electron chi connectivity index (χ4n) is 8.70. The van der Waals surface area contributed by atoms with Crippen molar-refractivity contribution in [3.05, 3.63) is 187 Å². The zero-order valence-electron chi connectivity index (χ0n) is 29.5. The Labute approximate surface area is 316 Å². The molecule has 0 saturated heterocycles. The van der Waals surface area contributed by atoms with Crippen LogP contribution >= 0.6 is 0 Å². The van der Waals surface area contributed by atoms with Crippen LogP contribution in [-0.2, 0) is 0 Å². The van der Waals surface area contributed by atoms with Crippen LogP contribution in [0.4, 0.5) is 0 Å². The van der Waals surface area contributed by atoms with Crippen LogP contribution in [-0.4, -0.2) is 13.7 Å². The van der Waals surface area contributed by atoms with Crippen molar-refractivity contribution < 1.29 is 0 Å². The number of hydrogen-bond donors (Lipinski definition) is 0. The SMILES string of the molecule is N#Cc1ccc(-n2c3ccccc3c3ccccc32)c(-c2ccc(-n3c4ccc(C#N)cc4c4ccc(-n5c6ccccc6c6ccccc65)cc43)cc2)c1. The molecule has 0 saturated carbocycles. The molecule has 55 heavy (non-hydrogen) atoms. The number of rotatable bonds is 4. The van der Waals surface area contributed by atoms with E-state index in [0.717, 1.165) is 72.1 Å². The van der Waals surface area contributed by atoms with E-state index >= 15 is 0 Å². The third-order valence-electron chi connectivity index (χ3n) is 11.1. The Bertz CT molecular complexity index is 3350. The molecular formula is C50H29N5. The first-order valence-corrected chi connectivity index (χ1v) is 18.3. The summed E-state index contributed by atoms with van der Waals surface area (Å²) in [5, 5.41) is 26.8. The van der Waals surface area contributed by atoms with Gasteiger partial charge in [-0.3, -0.25) is 0 Å². The Kier molecular flexibility index (Phi) is 6.61. The molecule has 11 aromatic rings. The second-order valence-corrected chi connectivity index (χ2v) is 14.0. The lowest BCUT2D eigenvalue weighted by Gasteiger charge is -2.16. The van der Waals surface area contributed by atoms with Gasteiger partial charge in [-0.2, -0.15) is 10.5 Å². The molecule has 5 nitrogen and oxygen atoms in total. The van der Waals surface area contributed by atoms with Gasteiger partial charge in [-0.15, -0.1) is 0 Å². The normalized spacial score (nSPS) is 11.6. The predicted molar refractivity (Wildman–Crippen MR) is 224 cm³/mol. The van der Waals surface area contributed by atoms with Crippen molar-refractivity contribution in [2.75, 3.05) is 0 Å². The molecule has 0 unspecified atom stereocenters. The number of benzene rings is 8. The fourth-order valence-corrected chi connectivity index (χ4v) is 8.70. The summed E-state index contributed by atoms with van der Waals surface area (Å²) in [6.07, 6.45) is 0. The van der Waals surface area contributed by atoms with E-state index in [2.05, 4.69) is 177 Å². The van der Waals surface area contributed by atoms with Crippen molar-refractivity contribution in [1.82, 2.24) is 13.7 Å². The van der Waals surface area contributed by atoms with Crippen LogP contribution in [0.5, 0.6) is 0 Å². The topological polar surface area (TPSA) is 62.4 Å². The molecule has 0 bridgehead atoms. The van der Waals surface area contributed by atoms with Crippen LogP contribution in [0.15, 0.2) is 176 Å². The van der Waals surface area contributed by atoms with E-state index < -0.39 is 0 Å². The Morgan fingerprint density at radius 1 is 0.327 bits per heavy atom. The van der Waals surface area contributed by atoms with Crippen LogP contribution in [0.1, 0.15) is 11.1 Å².